The van der Waals surface area contributed by atoms with Crippen LogP contribution in [0.2, 0.25) is 5.02 Å². The van der Waals surface area contributed by atoms with Gasteiger partial charge in [0.05, 0.1) is 16.1 Å². The molecule has 2 aromatic rings. The maximum atomic E-state index is 13.3. The summed E-state index contributed by atoms with van der Waals surface area (Å²) in [5, 5.41) is 1.49. The molecule has 2 saturated heterocycles. The van der Waals surface area contributed by atoms with Crippen molar-refractivity contribution in [3.8, 4) is 0 Å². The van der Waals surface area contributed by atoms with E-state index in [0.717, 1.165) is 31.3 Å². The zero-order chi connectivity index (χ0) is 16.7. The SMILES string of the molecule is CN1CCC[C@H]1[C@H]1CCCN1C(=O)c1ccc(Cl)c2cccnc12. The smallest absolute Gasteiger partial charge is 0.256 e. The molecule has 0 radical (unpaired) electrons. The topological polar surface area (TPSA) is 36.4 Å². The molecule has 0 bridgehead atoms. The van der Waals surface area contributed by atoms with Crippen molar-refractivity contribution < 1.29 is 4.79 Å². The van der Waals surface area contributed by atoms with Crippen LogP contribution in [0.4, 0.5) is 0 Å². The number of fused-ring (bicyclic) bond motifs is 1. The van der Waals surface area contributed by atoms with Crippen LogP contribution in [0.3, 0.4) is 0 Å². The minimum absolute atomic E-state index is 0.0955. The second-order valence-electron chi connectivity index (χ2n) is 6.89. The quantitative estimate of drug-likeness (QED) is 0.836. The largest absolute Gasteiger partial charge is 0.334 e. The summed E-state index contributed by atoms with van der Waals surface area (Å²) in [5.74, 6) is 0.0955. The molecule has 1 aromatic carbocycles. The standard InChI is InChI=1S/C19H22ClN3O/c1-22-11-3-6-16(22)17-7-4-12-23(17)19(24)14-8-9-15(20)13-5-2-10-21-18(13)14/h2,5,8-10,16-17H,3-4,6-7,11-12H2,1H3/t16-,17+/m0/s1. The molecule has 0 N–H and O–H groups in total. The third-order valence-electron chi connectivity index (χ3n) is 5.53. The van der Waals surface area contributed by atoms with Gasteiger partial charge in [-0.3, -0.25) is 9.78 Å². The number of carbonyl (C=O) groups is 1. The van der Waals surface area contributed by atoms with Gasteiger partial charge in [0.2, 0.25) is 0 Å². The number of aromatic nitrogens is 1. The molecule has 5 heteroatoms. The normalized spacial score (nSPS) is 24.8. The van der Waals surface area contributed by atoms with Gasteiger partial charge in [-0.2, -0.15) is 0 Å². The van der Waals surface area contributed by atoms with Gasteiger partial charge < -0.3 is 9.80 Å². The first-order valence-corrected chi connectivity index (χ1v) is 9.09. The predicted molar refractivity (Wildman–Crippen MR) is 96.5 cm³/mol. The molecule has 0 aliphatic carbocycles. The van der Waals surface area contributed by atoms with Gasteiger partial charge in [0, 0.05) is 30.2 Å². The lowest BCUT2D eigenvalue weighted by Gasteiger charge is -2.33. The van der Waals surface area contributed by atoms with Gasteiger partial charge in [-0.15, -0.1) is 0 Å². The third-order valence-corrected chi connectivity index (χ3v) is 5.86. The van der Waals surface area contributed by atoms with E-state index in [4.69, 9.17) is 11.6 Å². The molecular formula is C19H22ClN3O. The Hall–Kier alpha value is -1.65. The summed E-state index contributed by atoms with van der Waals surface area (Å²) in [4.78, 5) is 22.2. The molecular weight excluding hydrogens is 322 g/mol. The highest BCUT2D eigenvalue weighted by Crippen LogP contribution is 2.32. The van der Waals surface area contributed by atoms with Crippen LogP contribution in [-0.4, -0.2) is 52.9 Å². The summed E-state index contributed by atoms with van der Waals surface area (Å²) in [7, 11) is 2.18. The number of carbonyl (C=O) groups excluding carboxylic acids is 1. The van der Waals surface area contributed by atoms with Crippen LogP contribution in [0.25, 0.3) is 10.9 Å². The molecule has 2 aliphatic rings. The van der Waals surface area contributed by atoms with Crippen molar-refractivity contribution in [1.82, 2.24) is 14.8 Å². The van der Waals surface area contributed by atoms with Crippen LogP contribution in [0.5, 0.6) is 0 Å². The number of amides is 1. The average molecular weight is 344 g/mol. The number of hydrogen-bond donors (Lipinski definition) is 0. The summed E-state index contributed by atoms with van der Waals surface area (Å²) < 4.78 is 0. The fourth-order valence-corrected chi connectivity index (χ4v) is 4.55. The van der Waals surface area contributed by atoms with Crippen molar-refractivity contribution in [3.05, 3.63) is 41.0 Å². The lowest BCUT2D eigenvalue weighted by molar-refractivity contribution is 0.0666. The molecule has 2 aliphatic heterocycles. The average Bonchev–Trinajstić information content (AvgIpc) is 3.23. The van der Waals surface area contributed by atoms with Crippen LogP contribution in [-0.2, 0) is 0 Å². The van der Waals surface area contributed by atoms with Crippen molar-refractivity contribution in [2.24, 2.45) is 0 Å². The molecule has 1 amide bonds. The summed E-state index contributed by atoms with van der Waals surface area (Å²) in [6.07, 6.45) is 6.32. The Balaban J connectivity index is 1.69. The first-order chi connectivity index (χ1) is 11.7. The van der Waals surface area contributed by atoms with Gasteiger partial charge in [0.15, 0.2) is 0 Å². The van der Waals surface area contributed by atoms with Crippen molar-refractivity contribution in [3.63, 3.8) is 0 Å². The van der Waals surface area contributed by atoms with Gasteiger partial charge in [-0.1, -0.05) is 11.6 Å². The second kappa shape index (κ2) is 6.34. The molecule has 4 rings (SSSR count). The summed E-state index contributed by atoms with van der Waals surface area (Å²) in [5.41, 5.74) is 1.38. The number of hydrogen-bond acceptors (Lipinski definition) is 3. The van der Waals surface area contributed by atoms with Crippen molar-refractivity contribution in [2.45, 2.75) is 37.8 Å². The Bertz CT molecular complexity index is 778. The van der Waals surface area contributed by atoms with Gasteiger partial charge >= 0.3 is 0 Å². The second-order valence-corrected chi connectivity index (χ2v) is 7.30. The van der Waals surface area contributed by atoms with E-state index in [1.807, 2.05) is 24.3 Å². The molecule has 4 nitrogen and oxygen atoms in total. The molecule has 2 fully saturated rings. The lowest BCUT2D eigenvalue weighted by atomic mass is 10.0. The molecule has 1 aromatic heterocycles. The highest BCUT2D eigenvalue weighted by molar-refractivity contribution is 6.36. The lowest BCUT2D eigenvalue weighted by Crippen LogP contribution is -2.47. The monoisotopic (exact) mass is 343 g/mol. The maximum absolute atomic E-state index is 13.3. The van der Waals surface area contributed by atoms with E-state index in [2.05, 4.69) is 21.8 Å². The van der Waals surface area contributed by atoms with Gasteiger partial charge in [0.1, 0.15) is 0 Å². The first-order valence-electron chi connectivity index (χ1n) is 8.71. The number of likely N-dealkylation sites (tertiary alicyclic amines) is 2. The van der Waals surface area contributed by atoms with Gasteiger partial charge in [-0.05, 0) is 63.5 Å². The number of rotatable bonds is 2. The Morgan fingerprint density at radius 3 is 2.75 bits per heavy atom. The van der Waals surface area contributed by atoms with E-state index < -0.39 is 0 Å². The van der Waals surface area contributed by atoms with E-state index in [0.29, 0.717) is 28.2 Å². The maximum Gasteiger partial charge on any atom is 0.256 e. The molecule has 126 valence electrons. The minimum atomic E-state index is 0.0955. The first kappa shape index (κ1) is 15.9. The van der Waals surface area contributed by atoms with Gasteiger partial charge in [-0.25, -0.2) is 0 Å². The van der Waals surface area contributed by atoms with Crippen molar-refractivity contribution >= 4 is 28.4 Å². The zero-order valence-corrected chi connectivity index (χ0v) is 14.7. The Morgan fingerprint density at radius 1 is 1.17 bits per heavy atom. The summed E-state index contributed by atoms with van der Waals surface area (Å²) >= 11 is 6.27. The van der Waals surface area contributed by atoms with Crippen LogP contribution in [0.15, 0.2) is 30.5 Å². The van der Waals surface area contributed by atoms with Crippen molar-refractivity contribution in [1.29, 1.82) is 0 Å². The third kappa shape index (κ3) is 2.58. The van der Waals surface area contributed by atoms with Crippen molar-refractivity contribution in [2.75, 3.05) is 20.1 Å². The molecule has 0 unspecified atom stereocenters. The van der Waals surface area contributed by atoms with Crippen LogP contribution in [0.1, 0.15) is 36.0 Å². The van der Waals surface area contributed by atoms with E-state index >= 15 is 0 Å². The van der Waals surface area contributed by atoms with E-state index in [-0.39, 0.29) is 5.91 Å². The fourth-order valence-electron chi connectivity index (χ4n) is 4.33. The number of benzene rings is 1. The Kier molecular flexibility index (Phi) is 4.19. The molecule has 0 saturated carbocycles. The van der Waals surface area contributed by atoms with E-state index in [1.54, 1.807) is 6.20 Å². The number of halogens is 1. The van der Waals surface area contributed by atoms with Gasteiger partial charge in [0.25, 0.3) is 5.91 Å². The minimum Gasteiger partial charge on any atom is -0.334 e. The number of likely N-dealkylation sites (N-methyl/N-ethyl adjacent to an activating group) is 1. The van der Waals surface area contributed by atoms with Crippen LogP contribution >= 0.6 is 11.6 Å². The highest BCUT2D eigenvalue weighted by Gasteiger charge is 2.39. The summed E-state index contributed by atoms with van der Waals surface area (Å²) in [6, 6.07) is 8.23. The highest BCUT2D eigenvalue weighted by atomic mass is 35.5. The molecule has 0 spiro atoms. The summed E-state index contributed by atoms with van der Waals surface area (Å²) in [6.45, 7) is 1.97. The molecule has 3 heterocycles. The molecule has 2 atom stereocenters. The van der Waals surface area contributed by atoms with Crippen LogP contribution < -0.4 is 0 Å². The fraction of sp³-hybridized carbons (Fsp3) is 0.474. The van der Waals surface area contributed by atoms with E-state index in [9.17, 15) is 4.79 Å². The zero-order valence-electron chi connectivity index (χ0n) is 13.9. The Morgan fingerprint density at radius 2 is 1.96 bits per heavy atom. The number of pyridine rings is 1. The predicted octanol–water partition coefficient (Wildman–Crippen LogP) is 3.59. The number of nitrogens with zero attached hydrogens (tertiary/aromatic N) is 3. The molecule has 24 heavy (non-hydrogen) atoms. The Labute approximate surface area is 147 Å². The van der Waals surface area contributed by atoms with E-state index in [1.165, 1.54) is 12.8 Å². The van der Waals surface area contributed by atoms with Crippen LogP contribution in [0, 0.1) is 0 Å².